The molecule has 0 bridgehead atoms. The highest BCUT2D eigenvalue weighted by molar-refractivity contribution is 9.10. The lowest BCUT2D eigenvalue weighted by atomic mass is 10.0. The summed E-state index contributed by atoms with van der Waals surface area (Å²) in [5.41, 5.74) is 2.98. The first-order valence-corrected chi connectivity index (χ1v) is 11.3. The van der Waals surface area contributed by atoms with Gasteiger partial charge in [0.25, 0.3) is 0 Å². The fourth-order valence-electron chi connectivity index (χ4n) is 3.20. The number of rotatable bonds is 13. The van der Waals surface area contributed by atoms with Gasteiger partial charge in [0.05, 0.1) is 13.2 Å². The van der Waals surface area contributed by atoms with Gasteiger partial charge in [0.1, 0.15) is 5.75 Å². The van der Waals surface area contributed by atoms with Gasteiger partial charge in [-0.3, -0.25) is 0 Å². The fourth-order valence-corrected chi connectivity index (χ4v) is 3.60. The maximum absolute atomic E-state index is 9.73. The SMILES string of the molecule is CCCCCCCCCCOc1ccc(/C=C(\CO)c2cccc(Br)c2)cc1. The van der Waals surface area contributed by atoms with Crippen molar-refractivity contribution in [1.82, 2.24) is 0 Å². The summed E-state index contributed by atoms with van der Waals surface area (Å²) in [5.74, 6) is 0.910. The molecule has 0 radical (unpaired) electrons. The molecule has 1 N–H and O–H groups in total. The van der Waals surface area contributed by atoms with E-state index in [4.69, 9.17) is 4.74 Å². The van der Waals surface area contributed by atoms with E-state index < -0.39 is 0 Å². The topological polar surface area (TPSA) is 29.5 Å². The molecule has 0 aliphatic heterocycles. The number of hydrogen-bond donors (Lipinski definition) is 1. The zero-order valence-electron chi connectivity index (χ0n) is 17.0. The lowest BCUT2D eigenvalue weighted by molar-refractivity contribution is 0.304. The van der Waals surface area contributed by atoms with Crippen LogP contribution in [0.3, 0.4) is 0 Å². The largest absolute Gasteiger partial charge is 0.494 e. The molecule has 2 aromatic rings. The first kappa shape index (κ1) is 22.7. The number of unbranched alkanes of at least 4 members (excludes halogenated alkanes) is 7. The number of aliphatic hydroxyl groups excluding tert-OH is 1. The van der Waals surface area contributed by atoms with Gasteiger partial charge in [-0.25, -0.2) is 0 Å². The molecule has 0 saturated carbocycles. The minimum absolute atomic E-state index is 0.00709. The van der Waals surface area contributed by atoms with E-state index in [0.29, 0.717) is 0 Å². The maximum atomic E-state index is 9.73. The molecule has 0 heterocycles. The van der Waals surface area contributed by atoms with E-state index in [-0.39, 0.29) is 6.61 Å². The van der Waals surface area contributed by atoms with E-state index in [0.717, 1.165) is 39.9 Å². The van der Waals surface area contributed by atoms with Crippen LogP contribution in [-0.2, 0) is 0 Å². The molecular formula is C25H33BrO2. The summed E-state index contributed by atoms with van der Waals surface area (Å²) in [5, 5.41) is 9.73. The molecule has 0 spiro atoms. The Kier molecular flexibility index (Phi) is 11.0. The second-order valence-corrected chi connectivity index (χ2v) is 8.15. The van der Waals surface area contributed by atoms with Gasteiger partial charge < -0.3 is 9.84 Å². The summed E-state index contributed by atoms with van der Waals surface area (Å²) in [7, 11) is 0. The van der Waals surface area contributed by atoms with E-state index in [1.54, 1.807) is 0 Å². The van der Waals surface area contributed by atoms with Crippen LogP contribution in [0, 0.1) is 0 Å². The minimum Gasteiger partial charge on any atom is -0.494 e. The lowest BCUT2D eigenvalue weighted by Crippen LogP contribution is -1.97. The molecule has 2 nitrogen and oxygen atoms in total. The fraction of sp³-hybridized carbons (Fsp3) is 0.440. The molecule has 0 unspecified atom stereocenters. The third-order valence-corrected chi connectivity index (χ3v) is 5.35. The monoisotopic (exact) mass is 444 g/mol. The van der Waals surface area contributed by atoms with Crippen molar-refractivity contribution in [2.75, 3.05) is 13.2 Å². The Hall–Kier alpha value is -1.58. The van der Waals surface area contributed by atoms with Crippen molar-refractivity contribution in [2.45, 2.75) is 58.3 Å². The standard InChI is InChI=1S/C25H33BrO2/c1-2-3-4-5-6-7-8-9-17-28-25-15-13-21(14-16-25)18-23(20-27)22-11-10-12-24(26)19-22/h10-16,18-19,27H,2-9,17,20H2,1H3/b23-18+. The first-order valence-electron chi connectivity index (χ1n) is 10.5. The van der Waals surface area contributed by atoms with Crippen LogP contribution < -0.4 is 4.74 Å². The summed E-state index contributed by atoms with van der Waals surface area (Å²) in [6.45, 7) is 3.05. The lowest BCUT2D eigenvalue weighted by Gasteiger charge is -2.08. The summed E-state index contributed by atoms with van der Waals surface area (Å²) < 4.78 is 6.87. The van der Waals surface area contributed by atoms with E-state index in [1.165, 1.54) is 44.9 Å². The van der Waals surface area contributed by atoms with Crippen molar-refractivity contribution >= 4 is 27.6 Å². The molecular weight excluding hydrogens is 412 g/mol. The van der Waals surface area contributed by atoms with Crippen LogP contribution in [0.4, 0.5) is 0 Å². The summed E-state index contributed by atoms with van der Waals surface area (Å²) >= 11 is 3.48. The van der Waals surface area contributed by atoms with Gasteiger partial charge in [0, 0.05) is 4.47 Å². The molecule has 2 aromatic carbocycles. The van der Waals surface area contributed by atoms with Crippen LogP contribution in [0.2, 0.25) is 0 Å². The Balaban J connectivity index is 1.75. The highest BCUT2D eigenvalue weighted by Crippen LogP contribution is 2.22. The van der Waals surface area contributed by atoms with Gasteiger partial charge in [-0.1, -0.05) is 92.1 Å². The maximum Gasteiger partial charge on any atom is 0.119 e. The second-order valence-electron chi connectivity index (χ2n) is 7.23. The minimum atomic E-state index is 0.00709. The van der Waals surface area contributed by atoms with Gasteiger partial charge in [-0.15, -0.1) is 0 Å². The zero-order valence-corrected chi connectivity index (χ0v) is 18.6. The number of hydrogen-bond acceptors (Lipinski definition) is 2. The second kappa shape index (κ2) is 13.6. The summed E-state index contributed by atoms with van der Waals surface area (Å²) in [6.07, 6.45) is 12.5. The van der Waals surface area contributed by atoms with Crippen LogP contribution in [0.1, 0.15) is 69.4 Å². The first-order chi connectivity index (χ1) is 13.7. The Morgan fingerprint density at radius 2 is 1.61 bits per heavy atom. The number of aliphatic hydroxyl groups is 1. The molecule has 2 rings (SSSR count). The number of ether oxygens (including phenoxy) is 1. The molecule has 0 aliphatic carbocycles. The molecule has 0 aromatic heterocycles. The molecule has 0 aliphatic rings. The quantitative estimate of drug-likeness (QED) is 0.255. The van der Waals surface area contributed by atoms with Crippen molar-refractivity contribution in [3.63, 3.8) is 0 Å². The summed E-state index contributed by atoms with van der Waals surface area (Å²) in [4.78, 5) is 0. The highest BCUT2D eigenvalue weighted by Gasteiger charge is 2.02. The van der Waals surface area contributed by atoms with Crippen LogP contribution in [0.5, 0.6) is 5.75 Å². The average Bonchev–Trinajstić information content (AvgIpc) is 2.72. The van der Waals surface area contributed by atoms with Gasteiger partial charge in [0.2, 0.25) is 0 Å². The smallest absolute Gasteiger partial charge is 0.119 e. The van der Waals surface area contributed by atoms with E-state index in [9.17, 15) is 5.11 Å². The molecule has 3 heteroatoms. The van der Waals surface area contributed by atoms with Crippen molar-refractivity contribution in [3.05, 3.63) is 64.1 Å². The third-order valence-electron chi connectivity index (χ3n) is 4.85. The Bertz CT molecular complexity index is 707. The molecule has 0 fully saturated rings. The highest BCUT2D eigenvalue weighted by atomic mass is 79.9. The Labute approximate surface area is 178 Å². The molecule has 28 heavy (non-hydrogen) atoms. The zero-order chi connectivity index (χ0) is 20.0. The van der Waals surface area contributed by atoms with E-state index >= 15 is 0 Å². The van der Waals surface area contributed by atoms with E-state index in [2.05, 4.69) is 22.9 Å². The van der Waals surface area contributed by atoms with Crippen LogP contribution in [-0.4, -0.2) is 18.3 Å². The van der Waals surface area contributed by atoms with Gasteiger partial charge in [0.15, 0.2) is 0 Å². The predicted molar refractivity (Wildman–Crippen MR) is 124 cm³/mol. The van der Waals surface area contributed by atoms with Gasteiger partial charge in [-0.05, 0) is 53.5 Å². The summed E-state index contributed by atoms with van der Waals surface area (Å²) in [6, 6.07) is 16.1. The van der Waals surface area contributed by atoms with Crippen LogP contribution in [0.25, 0.3) is 11.6 Å². The third kappa shape index (κ3) is 8.62. The van der Waals surface area contributed by atoms with Crippen molar-refractivity contribution in [2.24, 2.45) is 0 Å². The Morgan fingerprint density at radius 3 is 2.25 bits per heavy atom. The Morgan fingerprint density at radius 1 is 0.929 bits per heavy atom. The molecule has 0 amide bonds. The predicted octanol–water partition coefficient (Wildman–Crippen LogP) is 7.50. The number of benzene rings is 2. The van der Waals surface area contributed by atoms with Gasteiger partial charge >= 0.3 is 0 Å². The van der Waals surface area contributed by atoms with Crippen molar-refractivity contribution < 1.29 is 9.84 Å². The van der Waals surface area contributed by atoms with Gasteiger partial charge in [-0.2, -0.15) is 0 Å². The average molecular weight is 445 g/mol. The normalized spacial score (nSPS) is 11.6. The van der Waals surface area contributed by atoms with E-state index in [1.807, 2.05) is 54.6 Å². The number of halogens is 1. The van der Waals surface area contributed by atoms with Crippen LogP contribution >= 0.6 is 15.9 Å². The molecule has 152 valence electrons. The molecule has 0 saturated heterocycles. The molecule has 0 atom stereocenters. The van der Waals surface area contributed by atoms with Crippen molar-refractivity contribution in [1.29, 1.82) is 0 Å². The van der Waals surface area contributed by atoms with Crippen LogP contribution in [0.15, 0.2) is 53.0 Å². The van der Waals surface area contributed by atoms with Crippen molar-refractivity contribution in [3.8, 4) is 5.75 Å².